The monoisotopic (exact) mass is 279 g/mol. The molecule has 0 aliphatic carbocycles. The van der Waals surface area contributed by atoms with Crippen LogP contribution in [0.5, 0.6) is 0 Å². The molecule has 0 radical (unpaired) electrons. The largest absolute Gasteiger partial charge is 0.351 e. The molecular formula is C14H25N5O. The molecule has 1 aromatic rings. The number of hydrogen-bond donors (Lipinski definition) is 3. The van der Waals surface area contributed by atoms with Gasteiger partial charge >= 0.3 is 0 Å². The molecule has 0 saturated carbocycles. The van der Waals surface area contributed by atoms with E-state index in [0.717, 1.165) is 19.4 Å². The third kappa shape index (κ3) is 5.54. The molecule has 20 heavy (non-hydrogen) atoms. The molecule has 0 atom stereocenters. The van der Waals surface area contributed by atoms with Crippen LogP contribution in [0, 0.1) is 0 Å². The van der Waals surface area contributed by atoms with Crippen molar-refractivity contribution < 1.29 is 4.79 Å². The van der Waals surface area contributed by atoms with E-state index in [9.17, 15) is 4.79 Å². The molecule has 1 heterocycles. The van der Waals surface area contributed by atoms with Crippen molar-refractivity contribution in [1.29, 1.82) is 0 Å². The fourth-order valence-corrected chi connectivity index (χ4v) is 1.68. The molecule has 4 N–H and O–H groups in total. The quantitative estimate of drug-likeness (QED) is 0.378. The number of nitrogen functional groups attached to an aromatic ring is 1. The maximum atomic E-state index is 11.9. The lowest BCUT2D eigenvalue weighted by Gasteiger charge is -2.20. The number of unbranched alkanes of at least 4 members (excludes halogenated alkanes) is 1. The van der Waals surface area contributed by atoms with E-state index >= 15 is 0 Å². The zero-order valence-electron chi connectivity index (χ0n) is 12.5. The Morgan fingerprint density at radius 3 is 2.80 bits per heavy atom. The van der Waals surface area contributed by atoms with E-state index in [1.807, 2.05) is 0 Å². The van der Waals surface area contributed by atoms with Crippen LogP contribution in [-0.4, -0.2) is 42.0 Å². The first-order chi connectivity index (χ1) is 9.54. The highest BCUT2D eigenvalue weighted by molar-refractivity contribution is 5.92. The predicted molar refractivity (Wildman–Crippen MR) is 81.4 cm³/mol. The number of hydrogen-bond acceptors (Lipinski definition) is 5. The minimum Gasteiger partial charge on any atom is -0.351 e. The summed E-state index contributed by atoms with van der Waals surface area (Å²) >= 11 is 0. The number of carbonyl (C=O) groups is 1. The zero-order chi connectivity index (χ0) is 15.0. The summed E-state index contributed by atoms with van der Waals surface area (Å²) in [6.07, 6.45) is 2.02. The van der Waals surface area contributed by atoms with Gasteiger partial charge in [-0.2, -0.15) is 0 Å². The summed E-state index contributed by atoms with van der Waals surface area (Å²) in [6, 6.07) is 5.68. The topological polar surface area (TPSA) is 83.3 Å². The van der Waals surface area contributed by atoms with Crippen molar-refractivity contribution in [2.24, 2.45) is 5.84 Å². The number of rotatable bonds is 8. The lowest BCUT2D eigenvalue weighted by Crippen LogP contribution is -2.29. The average molecular weight is 279 g/mol. The van der Waals surface area contributed by atoms with E-state index in [1.165, 1.54) is 0 Å². The van der Waals surface area contributed by atoms with Gasteiger partial charge in [0.15, 0.2) is 0 Å². The highest BCUT2D eigenvalue weighted by Gasteiger charge is 2.07. The van der Waals surface area contributed by atoms with E-state index < -0.39 is 0 Å². The average Bonchev–Trinajstić information content (AvgIpc) is 2.46. The fraction of sp³-hybridized carbons (Fsp3) is 0.571. The molecule has 1 rings (SSSR count). The van der Waals surface area contributed by atoms with Crippen molar-refractivity contribution in [3.63, 3.8) is 0 Å². The van der Waals surface area contributed by atoms with Crippen molar-refractivity contribution in [3.05, 3.63) is 23.9 Å². The van der Waals surface area contributed by atoms with E-state index in [-0.39, 0.29) is 5.91 Å². The Labute approximate surface area is 120 Å². The van der Waals surface area contributed by atoms with Gasteiger partial charge in [0.1, 0.15) is 11.5 Å². The summed E-state index contributed by atoms with van der Waals surface area (Å²) < 4.78 is 0. The number of amides is 1. The van der Waals surface area contributed by atoms with Gasteiger partial charge in [0, 0.05) is 12.6 Å². The van der Waals surface area contributed by atoms with Gasteiger partial charge in [0.05, 0.1) is 0 Å². The second-order valence-corrected chi connectivity index (χ2v) is 5.09. The standard InChI is InChI=1S/C14H25N5O/c1-11(2)19(3)10-5-4-9-16-14(20)12-7-6-8-13(17-12)18-15/h6-8,11H,4-5,9-10,15H2,1-3H3,(H,16,20)(H,17,18). The smallest absolute Gasteiger partial charge is 0.269 e. The van der Waals surface area contributed by atoms with Gasteiger partial charge in [-0.3, -0.25) is 4.79 Å². The number of pyridine rings is 1. The fourth-order valence-electron chi connectivity index (χ4n) is 1.68. The van der Waals surface area contributed by atoms with Crippen molar-refractivity contribution in [1.82, 2.24) is 15.2 Å². The van der Waals surface area contributed by atoms with Crippen LogP contribution in [0.3, 0.4) is 0 Å². The van der Waals surface area contributed by atoms with E-state index in [1.54, 1.807) is 18.2 Å². The van der Waals surface area contributed by atoms with Crippen molar-refractivity contribution in [3.8, 4) is 0 Å². The second-order valence-electron chi connectivity index (χ2n) is 5.09. The van der Waals surface area contributed by atoms with Crippen LogP contribution in [0.25, 0.3) is 0 Å². The van der Waals surface area contributed by atoms with Crippen LogP contribution >= 0.6 is 0 Å². The van der Waals surface area contributed by atoms with Gasteiger partial charge < -0.3 is 15.6 Å². The molecule has 0 aliphatic heterocycles. The van der Waals surface area contributed by atoms with Gasteiger partial charge in [0.25, 0.3) is 5.91 Å². The number of carbonyl (C=O) groups excluding carboxylic acids is 1. The Morgan fingerprint density at radius 1 is 1.40 bits per heavy atom. The third-order valence-electron chi connectivity index (χ3n) is 3.23. The predicted octanol–water partition coefficient (Wildman–Crippen LogP) is 1.22. The second kappa shape index (κ2) is 8.50. The lowest BCUT2D eigenvalue weighted by atomic mass is 10.2. The summed E-state index contributed by atoms with van der Waals surface area (Å²) in [7, 11) is 2.11. The molecule has 0 saturated heterocycles. The number of nitrogens with zero attached hydrogens (tertiary/aromatic N) is 2. The molecule has 1 amide bonds. The molecule has 6 heteroatoms. The Hall–Kier alpha value is -1.66. The van der Waals surface area contributed by atoms with Gasteiger partial charge in [-0.1, -0.05) is 6.07 Å². The molecule has 6 nitrogen and oxygen atoms in total. The highest BCUT2D eigenvalue weighted by atomic mass is 16.1. The first kappa shape index (κ1) is 16.4. The molecule has 112 valence electrons. The molecule has 0 spiro atoms. The lowest BCUT2D eigenvalue weighted by molar-refractivity contribution is 0.0947. The van der Waals surface area contributed by atoms with Crippen LogP contribution in [0.4, 0.5) is 5.82 Å². The number of nitrogens with two attached hydrogens (primary N) is 1. The van der Waals surface area contributed by atoms with Crippen LogP contribution in [-0.2, 0) is 0 Å². The minimum atomic E-state index is -0.167. The Bertz CT molecular complexity index is 422. The number of anilines is 1. The molecule has 1 aromatic heterocycles. The Balaban J connectivity index is 2.26. The van der Waals surface area contributed by atoms with E-state index in [0.29, 0.717) is 24.1 Å². The van der Waals surface area contributed by atoms with Gasteiger partial charge in [-0.15, -0.1) is 0 Å². The molecule has 0 aliphatic rings. The number of hydrazine groups is 1. The van der Waals surface area contributed by atoms with Gasteiger partial charge in [-0.05, 0) is 52.4 Å². The molecular weight excluding hydrogens is 254 g/mol. The third-order valence-corrected chi connectivity index (χ3v) is 3.23. The maximum Gasteiger partial charge on any atom is 0.269 e. The number of nitrogens with one attached hydrogen (secondary N) is 2. The summed E-state index contributed by atoms with van der Waals surface area (Å²) in [5.41, 5.74) is 2.80. The van der Waals surface area contributed by atoms with E-state index in [4.69, 9.17) is 5.84 Å². The number of aromatic nitrogens is 1. The SMILES string of the molecule is CC(C)N(C)CCCCNC(=O)c1cccc(NN)n1. The van der Waals surface area contributed by atoms with Gasteiger partial charge in [-0.25, -0.2) is 10.8 Å². The van der Waals surface area contributed by atoms with Crippen molar-refractivity contribution in [2.45, 2.75) is 32.7 Å². The minimum absolute atomic E-state index is 0.167. The summed E-state index contributed by atoms with van der Waals surface area (Å²) in [5.74, 6) is 5.58. The maximum absolute atomic E-state index is 11.9. The van der Waals surface area contributed by atoms with Crippen molar-refractivity contribution >= 4 is 11.7 Å². The molecule has 0 bridgehead atoms. The van der Waals surface area contributed by atoms with Crippen molar-refractivity contribution in [2.75, 3.05) is 25.6 Å². The Morgan fingerprint density at radius 2 is 2.15 bits per heavy atom. The molecule has 0 unspecified atom stereocenters. The highest BCUT2D eigenvalue weighted by Crippen LogP contribution is 2.03. The van der Waals surface area contributed by atoms with E-state index in [2.05, 4.69) is 41.5 Å². The van der Waals surface area contributed by atoms with Crippen LogP contribution in [0.15, 0.2) is 18.2 Å². The summed E-state index contributed by atoms with van der Waals surface area (Å²) in [5, 5.41) is 2.86. The van der Waals surface area contributed by atoms with Gasteiger partial charge in [0.2, 0.25) is 0 Å². The molecule has 0 aromatic carbocycles. The summed E-state index contributed by atoms with van der Waals surface area (Å²) in [4.78, 5) is 18.2. The molecule has 0 fully saturated rings. The first-order valence-corrected chi connectivity index (χ1v) is 6.96. The normalized spacial score (nSPS) is 10.9. The van der Waals surface area contributed by atoms with Crippen LogP contribution < -0.4 is 16.6 Å². The Kier molecular flexibility index (Phi) is 6.97. The van der Waals surface area contributed by atoms with Crippen LogP contribution in [0.1, 0.15) is 37.2 Å². The zero-order valence-corrected chi connectivity index (χ0v) is 12.5. The van der Waals surface area contributed by atoms with Crippen LogP contribution in [0.2, 0.25) is 0 Å². The first-order valence-electron chi connectivity index (χ1n) is 6.96. The summed E-state index contributed by atoms with van der Waals surface area (Å²) in [6.45, 7) is 6.04.